The monoisotopic (exact) mass is 335 g/mol. The van der Waals surface area contributed by atoms with Crippen molar-refractivity contribution in [3.8, 4) is 5.75 Å². The van der Waals surface area contributed by atoms with Gasteiger partial charge in [-0.2, -0.15) is 0 Å². The van der Waals surface area contributed by atoms with Crippen LogP contribution in [0.2, 0.25) is 0 Å². The van der Waals surface area contributed by atoms with Crippen molar-refractivity contribution in [1.82, 2.24) is 4.90 Å². The van der Waals surface area contributed by atoms with Crippen molar-refractivity contribution in [2.75, 3.05) is 20.3 Å². The summed E-state index contributed by atoms with van der Waals surface area (Å²) in [5.74, 6) is 0.0615. The fourth-order valence-electron chi connectivity index (χ4n) is 2.86. The molecule has 0 bridgehead atoms. The van der Waals surface area contributed by atoms with Gasteiger partial charge in [-0.25, -0.2) is 4.79 Å². The second-order valence-corrected chi connectivity index (χ2v) is 6.53. The number of nitrogens with zero attached hydrogens (tertiary/aromatic N) is 1. The Bertz CT molecular complexity index is 569. The zero-order valence-electron chi connectivity index (χ0n) is 14.4. The smallest absolute Gasteiger partial charge is 0.335 e. The predicted molar refractivity (Wildman–Crippen MR) is 89.3 cm³/mol. The van der Waals surface area contributed by atoms with Crippen LogP contribution in [0.4, 0.5) is 0 Å². The molecule has 1 heterocycles. The first-order valence-corrected chi connectivity index (χ1v) is 8.19. The predicted octanol–water partition coefficient (Wildman–Crippen LogP) is 2.43. The van der Waals surface area contributed by atoms with E-state index < -0.39 is 5.97 Å². The summed E-state index contributed by atoms with van der Waals surface area (Å²) in [5.41, 5.74) is 0.219. The average Bonchev–Trinajstić information content (AvgIpc) is 2.96. The van der Waals surface area contributed by atoms with E-state index in [2.05, 4.69) is 0 Å². The Hall–Kier alpha value is -2.08. The molecule has 6 nitrogen and oxygen atoms in total. The number of aromatic carboxylic acids is 1. The molecule has 2 rings (SSSR count). The fraction of sp³-hybridized carbons (Fsp3) is 0.556. The van der Waals surface area contributed by atoms with E-state index in [9.17, 15) is 9.59 Å². The van der Waals surface area contributed by atoms with Gasteiger partial charge in [0, 0.05) is 20.1 Å². The van der Waals surface area contributed by atoms with Gasteiger partial charge in [0.1, 0.15) is 12.4 Å². The molecule has 1 aromatic carbocycles. The normalized spacial score (nSPS) is 20.4. The number of hydrogen-bond donors (Lipinski definition) is 1. The van der Waals surface area contributed by atoms with Crippen LogP contribution in [-0.2, 0) is 9.53 Å². The molecular formula is C18H25NO5. The van der Waals surface area contributed by atoms with E-state index in [0.717, 1.165) is 6.42 Å². The number of benzene rings is 1. The summed E-state index contributed by atoms with van der Waals surface area (Å²) in [6.45, 7) is 5.01. The second kappa shape index (κ2) is 8.15. The van der Waals surface area contributed by atoms with Crippen LogP contribution in [0, 0.1) is 5.92 Å². The van der Waals surface area contributed by atoms with Crippen molar-refractivity contribution in [2.45, 2.75) is 38.8 Å². The van der Waals surface area contributed by atoms with E-state index in [0.29, 0.717) is 31.2 Å². The Morgan fingerprint density at radius 1 is 1.29 bits per heavy atom. The van der Waals surface area contributed by atoms with E-state index in [1.54, 1.807) is 19.2 Å². The van der Waals surface area contributed by atoms with Crippen LogP contribution in [0.1, 0.15) is 37.0 Å². The van der Waals surface area contributed by atoms with E-state index in [1.807, 2.05) is 18.7 Å². The molecule has 0 radical (unpaired) electrons. The van der Waals surface area contributed by atoms with E-state index in [-0.39, 0.29) is 23.6 Å². The lowest BCUT2D eigenvalue weighted by Gasteiger charge is -2.25. The van der Waals surface area contributed by atoms with Crippen molar-refractivity contribution in [3.05, 3.63) is 29.8 Å². The third-order valence-corrected chi connectivity index (χ3v) is 4.16. The Kier molecular flexibility index (Phi) is 6.20. The maximum absolute atomic E-state index is 12.4. The summed E-state index contributed by atoms with van der Waals surface area (Å²) in [6, 6.07) is 6.25. The minimum Gasteiger partial charge on any atom is -0.491 e. The van der Waals surface area contributed by atoms with Crippen LogP contribution >= 0.6 is 0 Å². The summed E-state index contributed by atoms with van der Waals surface area (Å²) in [7, 11) is 1.66. The quantitative estimate of drug-likeness (QED) is 0.828. The number of amides is 1. The van der Waals surface area contributed by atoms with Crippen molar-refractivity contribution in [3.63, 3.8) is 0 Å². The molecule has 24 heavy (non-hydrogen) atoms. The number of rotatable bonds is 7. The molecule has 2 atom stereocenters. The van der Waals surface area contributed by atoms with Gasteiger partial charge in [0.05, 0.1) is 17.7 Å². The SMILES string of the molecule is COC1C[C@@H](COc2ccc(C(=O)O)cc2)N(C(=O)CC(C)C)C1. The maximum atomic E-state index is 12.4. The lowest BCUT2D eigenvalue weighted by Crippen LogP contribution is -2.39. The highest BCUT2D eigenvalue weighted by atomic mass is 16.5. The molecule has 1 aliphatic rings. The van der Waals surface area contributed by atoms with Crippen LogP contribution in [0.5, 0.6) is 5.75 Å². The van der Waals surface area contributed by atoms with Crippen LogP contribution < -0.4 is 4.74 Å². The largest absolute Gasteiger partial charge is 0.491 e. The molecule has 0 aliphatic carbocycles. The van der Waals surface area contributed by atoms with Crippen LogP contribution in [-0.4, -0.2) is 54.3 Å². The Morgan fingerprint density at radius 3 is 2.50 bits per heavy atom. The number of carbonyl (C=O) groups is 2. The van der Waals surface area contributed by atoms with Gasteiger partial charge in [0.15, 0.2) is 0 Å². The van der Waals surface area contributed by atoms with E-state index in [4.69, 9.17) is 14.6 Å². The molecule has 1 aromatic rings. The molecule has 1 saturated heterocycles. The third-order valence-electron chi connectivity index (χ3n) is 4.16. The molecule has 1 unspecified atom stereocenters. The molecule has 0 aromatic heterocycles. The third kappa shape index (κ3) is 4.71. The van der Waals surface area contributed by atoms with Crippen LogP contribution in [0.3, 0.4) is 0 Å². The van der Waals surface area contributed by atoms with E-state index in [1.165, 1.54) is 12.1 Å². The van der Waals surface area contributed by atoms with Gasteiger partial charge < -0.3 is 19.5 Å². The number of carboxylic acids is 1. The Labute approximate surface area is 142 Å². The first kappa shape index (κ1) is 18.3. The highest BCUT2D eigenvalue weighted by Crippen LogP contribution is 2.23. The van der Waals surface area contributed by atoms with Gasteiger partial charge >= 0.3 is 5.97 Å². The number of likely N-dealkylation sites (tertiary alicyclic amines) is 1. The van der Waals surface area contributed by atoms with Crippen molar-refractivity contribution in [2.24, 2.45) is 5.92 Å². The zero-order valence-corrected chi connectivity index (χ0v) is 14.4. The lowest BCUT2D eigenvalue weighted by atomic mass is 10.1. The first-order valence-electron chi connectivity index (χ1n) is 8.19. The molecule has 1 fully saturated rings. The Balaban J connectivity index is 1.97. The van der Waals surface area contributed by atoms with Gasteiger partial charge in [-0.3, -0.25) is 4.79 Å². The molecular weight excluding hydrogens is 310 g/mol. The topological polar surface area (TPSA) is 76.1 Å². The second-order valence-electron chi connectivity index (χ2n) is 6.53. The van der Waals surface area contributed by atoms with Gasteiger partial charge in [0.25, 0.3) is 0 Å². The van der Waals surface area contributed by atoms with Crippen molar-refractivity contribution < 1.29 is 24.2 Å². The lowest BCUT2D eigenvalue weighted by molar-refractivity contribution is -0.133. The molecule has 0 spiro atoms. The maximum Gasteiger partial charge on any atom is 0.335 e. The highest BCUT2D eigenvalue weighted by molar-refractivity contribution is 5.87. The minimum atomic E-state index is -0.967. The van der Waals surface area contributed by atoms with Gasteiger partial charge in [0.2, 0.25) is 5.91 Å². The number of methoxy groups -OCH3 is 1. The summed E-state index contributed by atoms with van der Waals surface area (Å²) >= 11 is 0. The molecule has 1 aliphatic heterocycles. The number of carboxylic acid groups (broad SMARTS) is 1. The number of carbonyl (C=O) groups excluding carboxylic acids is 1. The summed E-state index contributed by atoms with van der Waals surface area (Å²) in [5, 5.41) is 8.90. The molecule has 132 valence electrons. The van der Waals surface area contributed by atoms with Crippen LogP contribution in [0.15, 0.2) is 24.3 Å². The molecule has 6 heteroatoms. The van der Waals surface area contributed by atoms with Gasteiger partial charge in [-0.15, -0.1) is 0 Å². The minimum absolute atomic E-state index is 0.0275. The summed E-state index contributed by atoms with van der Waals surface area (Å²) < 4.78 is 11.2. The van der Waals surface area contributed by atoms with Crippen molar-refractivity contribution in [1.29, 1.82) is 0 Å². The Morgan fingerprint density at radius 2 is 1.96 bits per heavy atom. The molecule has 1 N–H and O–H groups in total. The first-order chi connectivity index (χ1) is 11.4. The average molecular weight is 335 g/mol. The fourth-order valence-corrected chi connectivity index (χ4v) is 2.86. The van der Waals surface area contributed by atoms with Gasteiger partial charge in [-0.05, 0) is 36.6 Å². The van der Waals surface area contributed by atoms with Gasteiger partial charge in [-0.1, -0.05) is 13.8 Å². The summed E-state index contributed by atoms with van der Waals surface area (Å²) in [4.78, 5) is 25.1. The van der Waals surface area contributed by atoms with Crippen LogP contribution in [0.25, 0.3) is 0 Å². The zero-order chi connectivity index (χ0) is 17.7. The highest BCUT2D eigenvalue weighted by Gasteiger charge is 2.35. The van der Waals surface area contributed by atoms with Crippen molar-refractivity contribution >= 4 is 11.9 Å². The molecule has 1 amide bonds. The summed E-state index contributed by atoms with van der Waals surface area (Å²) in [6.07, 6.45) is 1.29. The molecule has 0 saturated carbocycles. The standard InChI is InChI=1S/C18H25NO5/c1-12(2)8-17(20)19-10-16(23-3)9-14(19)11-24-15-6-4-13(5-7-15)18(21)22/h4-7,12,14,16H,8-11H2,1-3H3,(H,21,22)/t14-,16?/m0/s1. The number of ether oxygens (including phenoxy) is 2. The number of hydrogen-bond acceptors (Lipinski definition) is 4. The van der Waals surface area contributed by atoms with E-state index >= 15 is 0 Å².